The van der Waals surface area contributed by atoms with E-state index in [9.17, 15) is 14.4 Å². The Morgan fingerprint density at radius 3 is 2.78 bits per heavy atom. The number of amides is 1. The maximum Gasteiger partial charge on any atom is 0.229 e. The number of hydrogen-bond donors (Lipinski definition) is 0. The summed E-state index contributed by atoms with van der Waals surface area (Å²) in [7, 11) is 0. The first-order valence-corrected chi connectivity index (χ1v) is 9.70. The molecule has 2 aliphatic heterocycles. The van der Waals surface area contributed by atoms with E-state index in [1.165, 1.54) is 17.8 Å². The van der Waals surface area contributed by atoms with Crippen molar-refractivity contribution >= 4 is 23.4 Å². The van der Waals surface area contributed by atoms with E-state index in [1.807, 2.05) is 25.1 Å². The Balaban J connectivity index is 1.69. The van der Waals surface area contributed by atoms with E-state index in [0.717, 1.165) is 11.3 Å². The van der Waals surface area contributed by atoms with Gasteiger partial charge in [0.05, 0.1) is 29.2 Å². The lowest BCUT2D eigenvalue weighted by atomic mass is 9.86. The van der Waals surface area contributed by atoms with E-state index in [0.29, 0.717) is 28.7 Å². The third-order valence-corrected chi connectivity index (χ3v) is 6.10. The Hall–Kier alpha value is -2.78. The highest BCUT2D eigenvalue weighted by molar-refractivity contribution is 8.03. The summed E-state index contributed by atoms with van der Waals surface area (Å²) in [6.07, 6.45) is 0.107. The van der Waals surface area contributed by atoms with E-state index in [1.54, 1.807) is 23.1 Å². The second-order valence-corrected chi connectivity index (χ2v) is 7.66. The molecule has 6 heteroatoms. The van der Waals surface area contributed by atoms with Crippen LogP contribution in [0.3, 0.4) is 0 Å². The SMILES string of the molecule is Cc1cccc(N2CSC3=C(C#N)[C@@H](c4ccccc4F)CC(=O)N3C2)c1. The Kier molecular flexibility index (Phi) is 4.63. The summed E-state index contributed by atoms with van der Waals surface area (Å²) in [5.74, 6) is -0.341. The average Bonchev–Trinajstić information content (AvgIpc) is 2.68. The molecule has 1 saturated heterocycles. The Bertz CT molecular complexity index is 981. The van der Waals surface area contributed by atoms with Crippen molar-refractivity contribution in [1.29, 1.82) is 5.26 Å². The highest BCUT2D eigenvalue weighted by Crippen LogP contribution is 2.43. The van der Waals surface area contributed by atoms with Crippen LogP contribution in [0.25, 0.3) is 0 Å². The molecule has 1 fully saturated rings. The van der Waals surface area contributed by atoms with Gasteiger partial charge in [-0.05, 0) is 36.2 Å². The standard InChI is InChI=1S/C21H18FN3OS/c1-14-5-4-6-15(9-14)24-12-25-20(26)10-17(16-7-2-3-8-19(16)22)18(11-23)21(25)27-13-24/h2-9,17H,10,12-13H2,1H3/t17-/m1/s1. The molecular weight excluding hydrogens is 361 g/mol. The third-order valence-electron chi connectivity index (χ3n) is 4.94. The molecule has 0 unspecified atom stereocenters. The molecular formula is C21H18FN3OS. The fraction of sp³-hybridized carbons (Fsp3) is 0.238. The molecule has 2 aromatic carbocycles. The summed E-state index contributed by atoms with van der Waals surface area (Å²) < 4.78 is 14.3. The molecule has 1 atom stereocenters. The lowest BCUT2D eigenvalue weighted by Crippen LogP contribution is -2.47. The van der Waals surface area contributed by atoms with Crippen molar-refractivity contribution in [3.8, 4) is 6.07 Å². The van der Waals surface area contributed by atoms with Crippen molar-refractivity contribution in [2.75, 3.05) is 17.4 Å². The van der Waals surface area contributed by atoms with Gasteiger partial charge in [0.15, 0.2) is 0 Å². The van der Waals surface area contributed by atoms with Gasteiger partial charge in [-0.3, -0.25) is 9.69 Å². The molecule has 0 aliphatic carbocycles. The van der Waals surface area contributed by atoms with Crippen molar-refractivity contribution in [2.24, 2.45) is 0 Å². The molecule has 0 N–H and O–H groups in total. The van der Waals surface area contributed by atoms with Gasteiger partial charge in [-0.2, -0.15) is 5.26 Å². The lowest BCUT2D eigenvalue weighted by molar-refractivity contribution is -0.129. The number of fused-ring (bicyclic) bond motifs is 1. The van der Waals surface area contributed by atoms with Gasteiger partial charge in [0, 0.05) is 18.0 Å². The van der Waals surface area contributed by atoms with Crippen molar-refractivity contribution < 1.29 is 9.18 Å². The zero-order valence-electron chi connectivity index (χ0n) is 14.9. The van der Waals surface area contributed by atoms with Crippen LogP contribution in [-0.2, 0) is 4.79 Å². The van der Waals surface area contributed by atoms with E-state index in [-0.39, 0.29) is 18.1 Å². The molecule has 0 saturated carbocycles. The average molecular weight is 379 g/mol. The summed E-state index contributed by atoms with van der Waals surface area (Å²) >= 11 is 1.46. The molecule has 2 aliphatic rings. The summed E-state index contributed by atoms with van der Waals surface area (Å²) in [6.45, 7) is 2.44. The summed E-state index contributed by atoms with van der Waals surface area (Å²) in [5, 5.41) is 10.4. The minimum atomic E-state index is -0.520. The predicted octanol–water partition coefficient (Wildman–Crippen LogP) is 4.35. The van der Waals surface area contributed by atoms with Gasteiger partial charge in [0.1, 0.15) is 5.82 Å². The number of benzene rings is 2. The van der Waals surface area contributed by atoms with Crippen LogP contribution in [0.5, 0.6) is 0 Å². The quantitative estimate of drug-likeness (QED) is 0.778. The van der Waals surface area contributed by atoms with Crippen LogP contribution in [-0.4, -0.2) is 23.4 Å². The number of allylic oxidation sites excluding steroid dienone is 1. The number of hydrogen-bond acceptors (Lipinski definition) is 4. The number of rotatable bonds is 2. The van der Waals surface area contributed by atoms with Gasteiger partial charge < -0.3 is 4.90 Å². The van der Waals surface area contributed by atoms with E-state index in [4.69, 9.17) is 0 Å². The lowest BCUT2D eigenvalue weighted by Gasteiger charge is -2.42. The van der Waals surface area contributed by atoms with Gasteiger partial charge in [-0.15, -0.1) is 0 Å². The zero-order valence-corrected chi connectivity index (χ0v) is 15.7. The molecule has 2 heterocycles. The number of aryl methyl sites for hydroxylation is 1. The first-order chi connectivity index (χ1) is 13.1. The highest BCUT2D eigenvalue weighted by atomic mass is 32.2. The second kappa shape index (κ2) is 7.09. The predicted molar refractivity (Wildman–Crippen MR) is 104 cm³/mol. The third kappa shape index (κ3) is 3.19. The minimum absolute atomic E-state index is 0.0814. The Labute approximate surface area is 161 Å². The first kappa shape index (κ1) is 17.6. The number of anilines is 1. The Morgan fingerprint density at radius 1 is 1.22 bits per heavy atom. The van der Waals surface area contributed by atoms with E-state index in [2.05, 4.69) is 17.0 Å². The van der Waals surface area contributed by atoms with Crippen LogP contribution in [0.15, 0.2) is 59.1 Å². The normalized spacial score (nSPS) is 19.7. The van der Waals surface area contributed by atoms with Gasteiger partial charge in [0.25, 0.3) is 0 Å². The second-order valence-electron chi connectivity index (χ2n) is 6.72. The van der Waals surface area contributed by atoms with Gasteiger partial charge >= 0.3 is 0 Å². The first-order valence-electron chi connectivity index (χ1n) is 8.72. The van der Waals surface area contributed by atoms with Crippen molar-refractivity contribution in [2.45, 2.75) is 19.3 Å². The molecule has 1 amide bonds. The number of nitrogens with zero attached hydrogens (tertiary/aromatic N) is 3. The molecule has 0 radical (unpaired) electrons. The van der Waals surface area contributed by atoms with Crippen LogP contribution < -0.4 is 4.90 Å². The monoisotopic (exact) mass is 379 g/mol. The molecule has 4 rings (SSSR count). The largest absolute Gasteiger partial charge is 0.344 e. The summed E-state index contributed by atoms with van der Waals surface area (Å²) in [6, 6.07) is 16.8. The number of carbonyl (C=O) groups is 1. The van der Waals surface area contributed by atoms with Crippen molar-refractivity contribution in [3.63, 3.8) is 0 Å². The number of carbonyl (C=O) groups excluding carboxylic acids is 1. The van der Waals surface area contributed by atoms with E-state index < -0.39 is 5.92 Å². The minimum Gasteiger partial charge on any atom is -0.344 e. The molecule has 4 nitrogen and oxygen atoms in total. The van der Waals surface area contributed by atoms with Crippen LogP contribution in [0.4, 0.5) is 10.1 Å². The fourth-order valence-electron chi connectivity index (χ4n) is 3.57. The number of thioether (sulfide) groups is 1. The van der Waals surface area contributed by atoms with Gasteiger partial charge in [-0.25, -0.2) is 4.39 Å². The summed E-state index contributed by atoms with van der Waals surface area (Å²) in [5.41, 5.74) is 3.09. The number of nitriles is 1. The summed E-state index contributed by atoms with van der Waals surface area (Å²) in [4.78, 5) is 16.6. The van der Waals surface area contributed by atoms with Crippen molar-refractivity contribution in [3.05, 3.63) is 76.1 Å². The topological polar surface area (TPSA) is 47.3 Å². The molecule has 2 aromatic rings. The molecule has 27 heavy (non-hydrogen) atoms. The maximum absolute atomic E-state index is 14.3. The maximum atomic E-state index is 14.3. The van der Waals surface area contributed by atoms with Gasteiger partial charge in [0.2, 0.25) is 5.91 Å². The molecule has 0 spiro atoms. The van der Waals surface area contributed by atoms with Gasteiger partial charge in [-0.1, -0.05) is 42.1 Å². The molecule has 0 aromatic heterocycles. The van der Waals surface area contributed by atoms with Crippen molar-refractivity contribution in [1.82, 2.24) is 4.90 Å². The van der Waals surface area contributed by atoms with Crippen LogP contribution in [0.2, 0.25) is 0 Å². The molecule has 0 bridgehead atoms. The van der Waals surface area contributed by atoms with Crippen LogP contribution >= 0.6 is 11.8 Å². The smallest absolute Gasteiger partial charge is 0.229 e. The van der Waals surface area contributed by atoms with Crippen LogP contribution in [0.1, 0.15) is 23.5 Å². The highest BCUT2D eigenvalue weighted by Gasteiger charge is 2.39. The Morgan fingerprint density at radius 2 is 2.04 bits per heavy atom. The fourth-order valence-corrected chi connectivity index (χ4v) is 4.74. The van der Waals surface area contributed by atoms with Crippen LogP contribution in [0, 0.1) is 24.1 Å². The zero-order chi connectivity index (χ0) is 19.0. The van der Waals surface area contributed by atoms with E-state index >= 15 is 0 Å². The molecule has 136 valence electrons. The number of halogens is 1.